The van der Waals surface area contributed by atoms with Crippen molar-refractivity contribution in [2.45, 2.75) is 18.9 Å². The standard InChI is InChI=1S/C24H21FN4/c25-22-10-4-3-8-19(22)21-12-17-15-28-24(27-14-16-6-5-11-26-13-16)29-23(17)20-9-2-1-7-18(20)21/h1-11,13,17,21H,12,14-15H2,(H,27,28). The maximum Gasteiger partial charge on any atom is 0.218 e. The summed E-state index contributed by atoms with van der Waals surface area (Å²) in [4.78, 5) is 13.6. The molecule has 3 aromatic rings. The zero-order chi connectivity index (χ0) is 19.6. The van der Waals surface area contributed by atoms with Gasteiger partial charge in [0.25, 0.3) is 0 Å². The van der Waals surface area contributed by atoms with Crippen molar-refractivity contribution in [3.05, 3.63) is 101 Å². The summed E-state index contributed by atoms with van der Waals surface area (Å²) in [6.07, 6.45) is 4.41. The van der Waals surface area contributed by atoms with Crippen LogP contribution in [0.3, 0.4) is 0 Å². The average Bonchev–Trinajstić information content (AvgIpc) is 2.78. The third kappa shape index (κ3) is 3.44. The van der Waals surface area contributed by atoms with Gasteiger partial charge in [-0.25, -0.2) is 9.38 Å². The van der Waals surface area contributed by atoms with Crippen LogP contribution in [0.5, 0.6) is 0 Å². The predicted molar refractivity (Wildman–Crippen MR) is 113 cm³/mol. The highest BCUT2D eigenvalue weighted by Gasteiger charge is 2.35. The maximum absolute atomic E-state index is 14.5. The van der Waals surface area contributed by atoms with Gasteiger partial charge < -0.3 is 5.32 Å². The van der Waals surface area contributed by atoms with Crippen LogP contribution in [0.4, 0.5) is 4.39 Å². The van der Waals surface area contributed by atoms with Crippen LogP contribution in [-0.4, -0.2) is 23.2 Å². The molecule has 0 radical (unpaired) electrons. The van der Waals surface area contributed by atoms with E-state index in [9.17, 15) is 4.39 Å². The molecule has 0 saturated carbocycles. The van der Waals surface area contributed by atoms with E-state index in [-0.39, 0.29) is 17.7 Å². The van der Waals surface area contributed by atoms with Crippen molar-refractivity contribution in [2.75, 3.05) is 6.54 Å². The van der Waals surface area contributed by atoms with Crippen molar-refractivity contribution in [3.63, 3.8) is 0 Å². The van der Waals surface area contributed by atoms with Crippen LogP contribution in [0.25, 0.3) is 0 Å². The first-order valence-corrected chi connectivity index (χ1v) is 9.89. The normalized spacial score (nSPS) is 20.2. The number of hydrogen-bond donors (Lipinski definition) is 1. The Kier molecular flexibility index (Phi) is 4.64. The molecule has 5 rings (SSSR count). The van der Waals surface area contributed by atoms with Gasteiger partial charge >= 0.3 is 0 Å². The fraction of sp³-hybridized carbons (Fsp3) is 0.208. The minimum Gasteiger partial charge on any atom is -0.350 e. The second-order valence-corrected chi connectivity index (χ2v) is 7.47. The Labute approximate surface area is 169 Å². The Bertz CT molecular complexity index is 1090. The van der Waals surface area contributed by atoms with Gasteiger partial charge in [0.2, 0.25) is 5.96 Å². The van der Waals surface area contributed by atoms with Gasteiger partial charge in [-0.1, -0.05) is 48.5 Å². The molecule has 2 aliphatic rings. The molecule has 4 nitrogen and oxygen atoms in total. The highest BCUT2D eigenvalue weighted by Crippen LogP contribution is 2.41. The van der Waals surface area contributed by atoms with E-state index in [1.54, 1.807) is 18.3 Å². The van der Waals surface area contributed by atoms with E-state index >= 15 is 0 Å². The second kappa shape index (κ2) is 7.59. The Hall–Kier alpha value is -3.34. The first-order valence-electron chi connectivity index (χ1n) is 9.89. The van der Waals surface area contributed by atoms with Gasteiger partial charge in [0, 0.05) is 36.3 Å². The van der Waals surface area contributed by atoms with Crippen molar-refractivity contribution < 1.29 is 4.39 Å². The lowest BCUT2D eigenvalue weighted by molar-refractivity contribution is 0.531. The molecular weight excluding hydrogens is 363 g/mol. The lowest BCUT2D eigenvalue weighted by Crippen LogP contribution is -2.35. The molecule has 5 heteroatoms. The molecule has 0 fully saturated rings. The zero-order valence-electron chi connectivity index (χ0n) is 15.9. The fourth-order valence-electron chi connectivity index (χ4n) is 4.27. The molecule has 2 atom stereocenters. The number of hydrogen-bond acceptors (Lipinski definition) is 4. The summed E-state index contributed by atoms with van der Waals surface area (Å²) in [6, 6.07) is 19.3. The number of rotatable bonds is 3. The lowest BCUT2D eigenvalue weighted by Gasteiger charge is -2.34. The summed E-state index contributed by atoms with van der Waals surface area (Å²) in [5.41, 5.74) is 5.13. The summed E-state index contributed by atoms with van der Waals surface area (Å²) >= 11 is 0. The molecule has 1 N–H and O–H groups in total. The van der Waals surface area contributed by atoms with Crippen LogP contribution >= 0.6 is 0 Å². The molecule has 2 aromatic carbocycles. The summed E-state index contributed by atoms with van der Waals surface area (Å²) in [6.45, 7) is 1.29. The third-order valence-corrected chi connectivity index (χ3v) is 5.66. The van der Waals surface area contributed by atoms with Crippen LogP contribution in [0.15, 0.2) is 83.0 Å². The van der Waals surface area contributed by atoms with Gasteiger partial charge in [-0.15, -0.1) is 0 Å². The van der Waals surface area contributed by atoms with E-state index in [4.69, 9.17) is 4.99 Å². The highest BCUT2D eigenvalue weighted by molar-refractivity contribution is 6.11. The van der Waals surface area contributed by atoms with E-state index in [2.05, 4.69) is 27.4 Å². The number of aliphatic imine (C=N–C) groups is 2. The van der Waals surface area contributed by atoms with Crippen molar-refractivity contribution in [1.82, 2.24) is 10.3 Å². The third-order valence-electron chi connectivity index (χ3n) is 5.66. The van der Waals surface area contributed by atoms with Crippen molar-refractivity contribution >= 4 is 11.7 Å². The van der Waals surface area contributed by atoms with E-state index in [1.165, 1.54) is 0 Å². The van der Waals surface area contributed by atoms with E-state index in [0.29, 0.717) is 19.0 Å². The molecule has 144 valence electrons. The molecule has 29 heavy (non-hydrogen) atoms. The van der Waals surface area contributed by atoms with E-state index in [1.807, 2.05) is 42.6 Å². The first kappa shape index (κ1) is 17.7. The van der Waals surface area contributed by atoms with Crippen molar-refractivity contribution in [3.8, 4) is 0 Å². The van der Waals surface area contributed by atoms with Crippen molar-refractivity contribution in [1.29, 1.82) is 0 Å². The minimum atomic E-state index is -0.147. The van der Waals surface area contributed by atoms with Gasteiger partial charge in [0.1, 0.15) is 5.82 Å². The van der Waals surface area contributed by atoms with Crippen LogP contribution < -0.4 is 5.32 Å². The molecule has 0 saturated heterocycles. The van der Waals surface area contributed by atoms with Crippen molar-refractivity contribution in [2.24, 2.45) is 15.9 Å². The van der Waals surface area contributed by atoms with Crippen LogP contribution in [0, 0.1) is 11.7 Å². The molecule has 2 heterocycles. The molecule has 0 bridgehead atoms. The highest BCUT2D eigenvalue weighted by atomic mass is 19.1. The van der Waals surface area contributed by atoms with Gasteiger partial charge in [-0.3, -0.25) is 9.98 Å². The predicted octanol–water partition coefficient (Wildman–Crippen LogP) is 4.32. The maximum atomic E-state index is 14.5. The molecule has 0 amide bonds. The summed E-state index contributed by atoms with van der Waals surface area (Å²) in [5, 5.41) is 3.32. The number of nitrogens with zero attached hydrogens (tertiary/aromatic N) is 3. The van der Waals surface area contributed by atoms with E-state index in [0.717, 1.165) is 34.4 Å². The molecule has 1 aromatic heterocycles. The second-order valence-electron chi connectivity index (χ2n) is 7.47. The first-order chi connectivity index (χ1) is 14.3. The zero-order valence-corrected chi connectivity index (χ0v) is 15.9. The SMILES string of the molecule is Fc1ccccc1C1CC2CN=C(NCc3cccnc3)N=C2c2ccccc21. The fourth-order valence-corrected chi connectivity index (χ4v) is 4.27. The van der Waals surface area contributed by atoms with Gasteiger partial charge in [-0.05, 0) is 35.2 Å². The average molecular weight is 384 g/mol. The molecule has 1 aliphatic heterocycles. The van der Waals surface area contributed by atoms with Gasteiger partial charge in [0.05, 0.1) is 12.3 Å². The van der Waals surface area contributed by atoms with Crippen LogP contribution in [0.2, 0.25) is 0 Å². The summed E-state index contributed by atoms with van der Waals surface area (Å²) in [5.74, 6) is 0.722. The number of halogens is 1. The Balaban J connectivity index is 1.46. The number of nitrogens with one attached hydrogen (secondary N) is 1. The summed E-state index contributed by atoms with van der Waals surface area (Å²) < 4.78 is 14.5. The van der Waals surface area contributed by atoms with E-state index < -0.39 is 0 Å². The Morgan fingerprint density at radius 2 is 1.79 bits per heavy atom. The molecule has 1 aliphatic carbocycles. The number of fused-ring (bicyclic) bond motifs is 3. The number of aromatic nitrogens is 1. The monoisotopic (exact) mass is 384 g/mol. The largest absolute Gasteiger partial charge is 0.350 e. The topological polar surface area (TPSA) is 49.6 Å². The summed E-state index contributed by atoms with van der Waals surface area (Å²) in [7, 11) is 0. The Morgan fingerprint density at radius 3 is 2.62 bits per heavy atom. The molecule has 2 unspecified atom stereocenters. The quantitative estimate of drug-likeness (QED) is 0.731. The number of guanidine groups is 1. The number of benzene rings is 2. The smallest absolute Gasteiger partial charge is 0.218 e. The molecular formula is C24H21FN4. The lowest BCUT2D eigenvalue weighted by atomic mass is 9.72. The minimum absolute atomic E-state index is 0.0245. The molecule has 0 spiro atoms. The van der Waals surface area contributed by atoms with Gasteiger partial charge in [0.15, 0.2) is 0 Å². The Morgan fingerprint density at radius 1 is 0.966 bits per heavy atom. The van der Waals surface area contributed by atoms with Crippen LogP contribution in [0.1, 0.15) is 34.6 Å². The number of pyridine rings is 1. The van der Waals surface area contributed by atoms with Crippen LogP contribution in [-0.2, 0) is 6.54 Å². The van der Waals surface area contributed by atoms with Gasteiger partial charge in [-0.2, -0.15) is 0 Å².